The van der Waals surface area contributed by atoms with Crippen LogP contribution in [0.4, 0.5) is 0 Å². The van der Waals surface area contributed by atoms with E-state index in [0.29, 0.717) is 22.4 Å². The Bertz CT molecular complexity index is 777. The number of phenols is 1. The monoisotopic (exact) mass is 254 g/mol. The summed E-state index contributed by atoms with van der Waals surface area (Å²) in [6.45, 7) is 0. The zero-order valence-corrected chi connectivity index (χ0v) is 9.79. The molecular formula is C14H10N2O3. The number of benzene rings is 2. The van der Waals surface area contributed by atoms with Crippen molar-refractivity contribution in [3.05, 3.63) is 48.0 Å². The zero-order chi connectivity index (χ0) is 13.4. The van der Waals surface area contributed by atoms with Gasteiger partial charge in [-0.3, -0.25) is 0 Å². The highest BCUT2D eigenvalue weighted by Gasteiger charge is 2.14. The van der Waals surface area contributed by atoms with Gasteiger partial charge in [-0.15, -0.1) is 0 Å². The van der Waals surface area contributed by atoms with Gasteiger partial charge in [-0.05, 0) is 18.2 Å². The lowest BCUT2D eigenvalue weighted by Crippen LogP contribution is -1.99. The lowest BCUT2D eigenvalue weighted by Gasteiger charge is -2.01. The van der Waals surface area contributed by atoms with E-state index in [-0.39, 0.29) is 11.3 Å². The number of aromatic carboxylic acids is 1. The SMILES string of the molecule is O=C(O)c1ccccc1-c1nc2ccc(O)cc2[nH]1. The fourth-order valence-corrected chi connectivity index (χ4v) is 2.00. The number of carboxylic acids is 1. The fraction of sp³-hybridized carbons (Fsp3) is 0. The van der Waals surface area contributed by atoms with Crippen molar-refractivity contribution in [2.24, 2.45) is 0 Å². The first-order valence-electron chi connectivity index (χ1n) is 5.66. The second kappa shape index (κ2) is 4.13. The first kappa shape index (κ1) is 11.3. The number of H-pyrrole nitrogens is 1. The number of fused-ring (bicyclic) bond motifs is 1. The zero-order valence-electron chi connectivity index (χ0n) is 9.79. The van der Waals surface area contributed by atoms with E-state index in [1.807, 2.05) is 0 Å². The molecule has 0 aliphatic rings. The molecule has 1 heterocycles. The van der Waals surface area contributed by atoms with E-state index in [0.717, 1.165) is 0 Å². The van der Waals surface area contributed by atoms with Crippen LogP contribution in [0.3, 0.4) is 0 Å². The van der Waals surface area contributed by atoms with Gasteiger partial charge in [0, 0.05) is 11.6 Å². The minimum absolute atomic E-state index is 0.134. The van der Waals surface area contributed by atoms with Crippen molar-refractivity contribution in [3.8, 4) is 17.1 Å². The smallest absolute Gasteiger partial charge is 0.336 e. The van der Waals surface area contributed by atoms with Gasteiger partial charge in [-0.2, -0.15) is 0 Å². The summed E-state index contributed by atoms with van der Waals surface area (Å²) in [5.74, 6) is -0.397. The number of carboxylic acid groups (broad SMARTS) is 1. The van der Waals surface area contributed by atoms with Gasteiger partial charge >= 0.3 is 5.97 Å². The second-order valence-corrected chi connectivity index (χ2v) is 4.14. The van der Waals surface area contributed by atoms with Crippen LogP contribution in [0.5, 0.6) is 5.75 Å². The van der Waals surface area contributed by atoms with Gasteiger partial charge in [0.1, 0.15) is 11.6 Å². The lowest BCUT2D eigenvalue weighted by atomic mass is 10.1. The fourth-order valence-electron chi connectivity index (χ4n) is 2.00. The van der Waals surface area contributed by atoms with Crippen molar-refractivity contribution in [1.29, 1.82) is 0 Å². The summed E-state index contributed by atoms with van der Waals surface area (Å²) in [5.41, 5.74) is 2.04. The van der Waals surface area contributed by atoms with Crippen molar-refractivity contribution in [3.63, 3.8) is 0 Å². The number of aromatic hydroxyl groups is 1. The summed E-state index contributed by atoms with van der Waals surface area (Å²) >= 11 is 0. The number of rotatable bonds is 2. The Kier molecular flexibility index (Phi) is 2.45. The van der Waals surface area contributed by atoms with E-state index in [1.165, 1.54) is 12.1 Å². The van der Waals surface area contributed by atoms with Crippen molar-refractivity contribution < 1.29 is 15.0 Å². The number of aromatic amines is 1. The number of aromatic nitrogens is 2. The first-order valence-corrected chi connectivity index (χ1v) is 5.66. The van der Waals surface area contributed by atoms with Gasteiger partial charge in [-0.25, -0.2) is 9.78 Å². The predicted octanol–water partition coefficient (Wildman–Crippen LogP) is 2.63. The van der Waals surface area contributed by atoms with Gasteiger partial charge in [0.25, 0.3) is 0 Å². The molecule has 5 heteroatoms. The Hall–Kier alpha value is -2.82. The average molecular weight is 254 g/mol. The summed E-state index contributed by atoms with van der Waals surface area (Å²) < 4.78 is 0. The second-order valence-electron chi connectivity index (χ2n) is 4.14. The Balaban J connectivity index is 2.22. The van der Waals surface area contributed by atoms with Crippen LogP contribution in [-0.4, -0.2) is 26.2 Å². The van der Waals surface area contributed by atoms with Crippen LogP contribution in [0.1, 0.15) is 10.4 Å². The van der Waals surface area contributed by atoms with E-state index in [2.05, 4.69) is 9.97 Å². The summed E-state index contributed by atoms with van der Waals surface area (Å²) in [4.78, 5) is 18.5. The maximum atomic E-state index is 11.2. The lowest BCUT2D eigenvalue weighted by molar-refractivity contribution is 0.0697. The van der Waals surface area contributed by atoms with Crippen LogP contribution in [0.25, 0.3) is 22.4 Å². The van der Waals surface area contributed by atoms with Crippen LogP contribution < -0.4 is 0 Å². The molecule has 0 aliphatic carbocycles. The molecular weight excluding hydrogens is 244 g/mol. The molecule has 3 aromatic rings. The van der Waals surface area contributed by atoms with Crippen molar-refractivity contribution in [1.82, 2.24) is 9.97 Å². The summed E-state index contributed by atoms with van der Waals surface area (Å²) in [6, 6.07) is 11.4. The minimum atomic E-state index is -1.00. The minimum Gasteiger partial charge on any atom is -0.508 e. The van der Waals surface area contributed by atoms with Crippen LogP contribution in [0.2, 0.25) is 0 Å². The van der Waals surface area contributed by atoms with Gasteiger partial charge in [0.05, 0.1) is 16.6 Å². The van der Waals surface area contributed by atoms with E-state index < -0.39 is 5.97 Å². The number of nitrogens with zero attached hydrogens (tertiary/aromatic N) is 1. The van der Waals surface area contributed by atoms with Crippen LogP contribution >= 0.6 is 0 Å². The van der Waals surface area contributed by atoms with Crippen molar-refractivity contribution >= 4 is 17.0 Å². The molecule has 0 fully saturated rings. The molecule has 0 spiro atoms. The molecule has 0 amide bonds. The van der Waals surface area contributed by atoms with E-state index >= 15 is 0 Å². The molecule has 0 atom stereocenters. The molecule has 94 valence electrons. The Morgan fingerprint density at radius 2 is 1.95 bits per heavy atom. The summed E-state index contributed by atoms with van der Waals surface area (Å²) in [5, 5.41) is 18.6. The number of hydrogen-bond acceptors (Lipinski definition) is 3. The molecule has 1 aromatic heterocycles. The molecule has 0 saturated carbocycles. The van der Waals surface area contributed by atoms with E-state index in [9.17, 15) is 9.90 Å². The third kappa shape index (κ3) is 1.91. The molecule has 3 rings (SSSR count). The predicted molar refractivity (Wildman–Crippen MR) is 70.2 cm³/mol. The van der Waals surface area contributed by atoms with E-state index in [1.54, 1.807) is 30.3 Å². The molecule has 19 heavy (non-hydrogen) atoms. The maximum Gasteiger partial charge on any atom is 0.336 e. The highest BCUT2D eigenvalue weighted by Crippen LogP contribution is 2.25. The third-order valence-electron chi connectivity index (χ3n) is 2.88. The Morgan fingerprint density at radius 3 is 2.74 bits per heavy atom. The Morgan fingerprint density at radius 1 is 1.16 bits per heavy atom. The highest BCUT2D eigenvalue weighted by atomic mass is 16.4. The highest BCUT2D eigenvalue weighted by molar-refractivity contribution is 5.96. The van der Waals surface area contributed by atoms with Gasteiger partial charge in [0.15, 0.2) is 0 Å². The number of hydrogen-bond donors (Lipinski definition) is 3. The molecule has 5 nitrogen and oxygen atoms in total. The van der Waals surface area contributed by atoms with Gasteiger partial charge in [-0.1, -0.05) is 18.2 Å². The quantitative estimate of drug-likeness (QED) is 0.656. The number of imidazole rings is 1. The van der Waals surface area contributed by atoms with Crippen LogP contribution in [-0.2, 0) is 0 Å². The largest absolute Gasteiger partial charge is 0.508 e. The van der Waals surface area contributed by atoms with Crippen LogP contribution in [0.15, 0.2) is 42.5 Å². The number of carbonyl (C=O) groups is 1. The van der Waals surface area contributed by atoms with Crippen molar-refractivity contribution in [2.75, 3.05) is 0 Å². The van der Waals surface area contributed by atoms with Crippen LogP contribution in [0, 0.1) is 0 Å². The number of nitrogens with one attached hydrogen (secondary N) is 1. The number of phenolic OH excluding ortho intramolecular Hbond substituents is 1. The normalized spacial score (nSPS) is 10.7. The summed E-state index contributed by atoms with van der Waals surface area (Å²) in [7, 11) is 0. The van der Waals surface area contributed by atoms with E-state index in [4.69, 9.17) is 5.11 Å². The standard InChI is InChI=1S/C14H10N2O3/c17-8-5-6-11-12(7-8)16-13(15-11)9-3-1-2-4-10(9)14(18)19/h1-7,17H,(H,15,16)(H,18,19). The molecule has 3 N–H and O–H groups in total. The van der Waals surface area contributed by atoms with Gasteiger partial charge < -0.3 is 15.2 Å². The summed E-state index contributed by atoms with van der Waals surface area (Å²) in [6.07, 6.45) is 0. The molecule has 0 radical (unpaired) electrons. The topological polar surface area (TPSA) is 86.2 Å². The Labute approximate surface area is 108 Å². The molecule has 2 aromatic carbocycles. The molecule has 0 bridgehead atoms. The molecule has 0 saturated heterocycles. The van der Waals surface area contributed by atoms with Gasteiger partial charge in [0.2, 0.25) is 0 Å². The molecule has 0 aliphatic heterocycles. The average Bonchev–Trinajstić information content (AvgIpc) is 2.81. The first-order chi connectivity index (χ1) is 9.15. The third-order valence-corrected chi connectivity index (χ3v) is 2.88. The maximum absolute atomic E-state index is 11.2. The van der Waals surface area contributed by atoms with Crippen molar-refractivity contribution in [2.45, 2.75) is 0 Å². The molecule has 0 unspecified atom stereocenters.